The molecular weight excluding hydrogens is 406 g/mol. The highest BCUT2D eigenvalue weighted by molar-refractivity contribution is 7.98. The molecule has 0 unspecified atom stereocenters. The standard InChI is InChI=1S/C25H23N3O2S/c1-18-8-10-20(11-9-18)22-16-27-24(30-22)13-12-23(29)28-21-6-4-5-19(15-21)17-31-25-7-2-3-14-26-25/h2-11,14-16H,12-13,17H2,1H3,(H,28,29). The van der Waals surface area contributed by atoms with E-state index in [1.54, 1.807) is 24.2 Å². The van der Waals surface area contributed by atoms with Crippen LogP contribution in [0.1, 0.15) is 23.4 Å². The zero-order chi connectivity index (χ0) is 21.5. The van der Waals surface area contributed by atoms with Gasteiger partial charge in [0.05, 0.1) is 11.2 Å². The van der Waals surface area contributed by atoms with Gasteiger partial charge in [0, 0.05) is 36.0 Å². The van der Waals surface area contributed by atoms with Gasteiger partial charge in [-0.05, 0) is 36.8 Å². The van der Waals surface area contributed by atoms with Crippen molar-refractivity contribution in [2.24, 2.45) is 0 Å². The minimum atomic E-state index is -0.0652. The van der Waals surface area contributed by atoms with Crippen molar-refractivity contribution in [3.8, 4) is 11.3 Å². The van der Waals surface area contributed by atoms with Crippen molar-refractivity contribution in [1.29, 1.82) is 0 Å². The Kier molecular flexibility index (Phi) is 6.79. The Labute approximate surface area is 185 Å². The van der Waals surface area contributed by atoms with Crippen molar-refractivity contribution in [2.75, 3.05) is 5.32 Å². The van der Waals surface area contributed by atoms with Gasteiger partial charge in [-0.1, -0.05) is 48.0 Å². The molecule has 0 fully saturated rings. The number of oxazole rings is 1. The van der Waals surface area contributed by atoms with E-state index in [1.165, 1.54) is 5.56 Å². The van der Waals surface area contributed by atoms with Crippen LogP contribution < -0.4 is 5.32 Å². The first-order valence-electron chi connectivity index (χ1n) is 10.1. The summed E-state index contributed by atoms with van der Waals surface area (Å²) < 4.78 is 5.80. The van der Waals surface area contributed by atoms with Gasteiger partial charge < -0.3 is 9.73 Å². The molecule has 0 aliphatic rings. The molecule has 2 aromatic carbocycles. The number of amides is 1. The predicted molar refractivity (Wildman–Crippen MR) is 124 cm³/mol. The largest absolute Gasteiger partial charge is 0.441 e. The summed E-state index contributed by atoms with van der Waals surface area (Å²) in [6.45, 7) is 2.04. The van der Waals surface area contributed by atoms with E-state index < -0.39 is 0 Å². The monoisotopic (exact) mass is 429 g/mol. The maximum atomic E-state index is 12.4. The molecule has 0 bridgehead atoms. The molecule has 0 aliphatic carbocycles. The topological polar surface area (TPSA) is 68.0 Å². The van der Waals surface area contributed by atoms with Crippen LogP contribution in [0.15, 0.2) is 88.6 Å². The SMILES string of the molecule is Cc1ccc(-c2cnc(CCC(=O)Nc3cccc(CSc4ccccn4)c3)o2)cc1. The number of hydrogen-bond acceptors (Lipinski definition) is 5. The van der Waals surface area contributed by atoms with E-state index in [1.807, 2.05) is 73.7 Å². The molecule has 0 saturated carbocycles. The number of aromatic nitrogens is 2. The first-order chi connectivity index (χ1) is 15.2. The lowest BCUT2D eigenvalue weighted by molar-refractivity contribution is -0.116. The summed E-state index contributed by atoms with van der Waals surface area (Å²) in [6.07, 6.45) is 4.25. The second kappa shape index (κ2) is 10.1. The lowest BCUT2D eigenvalue weighted by atomic mass is 10.1. The van der Waals surface area contributed by atoms with Crippen molar-refractivity contribution in [1.82, 2.24) is 9.97 Å². The zero-order valence-electron chi connectivity index (χ0n) is 17.2. The number of aryl methyl sites for hydroxylation is 2. The van der Waals surface area contributed by atoms with E-state index >= 15 is 0 Å². The highest BCUT2D eigenvalue weighted by Crippen LogP contribution is 2.23. The summed E-state index contributed by atoms with van der Waals surface area (Å²) in [5.41, 5.74) is 4.09. The molecule has 4 rings (SSSR count). The number of nitrogens with zero attached hydrogens (tertiary/aromatic N) is 2. The van der Waals surface area contributed by atoms with Gasteiger partial charge in [-0.2, -0.15) is 0 Å². The smallest absolute Gasteiger partial charge is 0.224 e. The molecule has 4 aromatic rings. The van der Waals surface area contributed by atoms with Gasteiger partial charge in [0.2, 0.25) is 5.91 Å². The molecule has 156 valence electrons. The maximum absolute atomic E-state index is 12.4. The zero-order valence-corrected chi connectivity index (χ0v) is 18.1. The Hall–Kier alpha value is -3.38. The minimum absolute atomic E-state index is 0.0652. The van der Waals surface area contributed by atoms with Gasteiger partial charge in [0.15, 0.2) is 11.7 Å². The average molecular weight is 430 g/mol. The molecule has 2 heterocycles. The number of carbonyl (C=O) groups is 1. The molecule has 2 aromatic heterocycles. The Morgan fingerprint density at radius 2 is 1.90 bits per heavy atom. The molecule has 0 saturated heterocycles. The summed E-state index contributed by atoms with van der Waals surface area (Å²) >= 11 is 1.67. The molecule has 0 spiro atoms. The fourth-order valence-electron chi connectivity index (χ4n) is 3.05. The van der Waals surface area contributed by atoms with E-state index in [-0.39, 0.29) is 5.91 Å². The van der Waals surface area contributed by atoms with Crippen LogP contribution in [-0.4, -0.2) is 15.9 Å². The molecule has 1 amide bonds. The molecule has 0 radical (unpaired) electrons. The first-order valence-corrected chi connectivity index (χ1v) is 11.1. The lowest BCUT2D eigenvalue weighted by Gasteiger charge is -2.07. The Balaban J connectivity index is 1.28. The summed E-state index contributed by atoms with van der Waals surface area (Å²) in [7, 11) is 0. The molecule has 6 heteroatoms. The molecule has 0 atom stereocenters. The fraction of sp³-hybridized carbons (Fsp3) is 0.160. The minimum Gasteiger partial charge on any atom is -0.441 e. The number of thioether (sulfide) groups is 1. The third-order valence-corrected chi connectivity index (χ3v) is 5.71. The van der Waals surface area contributed by atoms with Gasteiger partial charge in [-0.15, -0.1) is 11.8 Å². The van der Waals surface area contributed by atoms with Crippen LogP contribution in [0.3, 0.4) is 0 Å². The van der Waals surface area contributed by atoms with Crippen molar-refractivity contribution < 1.29 is 9.21 Å². The third-order valence-electron chi connectivity index (χ3n) is 4.69. The van der Waals surface area contributed by atoms with Gasteiger partial charge in [-0.25, -0.2) is 9.97 Å². The molecule has 31 heavy (non-hydrogen) atoms. The van der Waals surface area contributed by atoms with Crippen LogP contribution in [0.4, 0.5) is 5.69 Å². The summed E-state index contributed by atoms with van der Waals surface area (Å²) in [5.74, 6) is 2.00. The van der Waals surface area contributed by atoms with Crippen molar-refractivity contribution in [2.45, 2.75) is 30.5 Å². The normalized spacial score (nSPS) is 10.7. The van der Waals surface area contributed by atoms with Gasteiger partial charge in [0.1, 0.15) is 0 Å². The van der Waals surface area contributed by atoms with Crippen molar-refractivity contribution in [3.63, 3.8) is 0 Å². The number of nitrogens with one attached hydrogen (secondary N) is 1. The van der Waals surface area contributed by atoms with Gasteiger partial charge >= 0.3 is 0 Å². The molecule has 0 aliphatic heterocycles. The summed E-state index contributed by atoms with van der Waals surface area (Å²) in [5, 5.41) is 3.94. The van der Waals surface area contributed by atoms with Crippen LogP contribution in [0.5, 0.6) is 0 Å². The number of carbonyl (C=O) groups excluding carboxylic acids is 1. The van der Waals surface area contributed by atoms with Gasteiger partial charge in [0.25, 0.3) is 0 Å². The predicted octanol–water partition coefficient (Wildman–Crippen LogP) is 5.91. The maximum Gasteiger partial charge on any atom is 0.224 e. The van der Waals surface area contributed by atoms with Crippen molar-refractivity contribution in [3.05, 3.63) is 96.1 Å². The van der Waals surface area contributed by atoms with E-state index in [0.717, 1.165) is 27.6 Å². The van der Waals surface area contributed by atoms with Crippen LogP contribution in [0.25, 0.3) is 11.3 Å². The Morgan fingerprint density at radius 1 is 1.03 bits per heavy atom. The van der Waals surface area contributed by atoms with Crippen molar-refractivity contribution >= 4 is 23.4 Å². The number of anilines is 1. The van der Waals surface area contributed by atoms with E-state index in [9.17, 15) is 4.79 Å². The molecule has 5 nitrogen and oxygen atoms in total. The lowest BCUT2D eigenvalue weighted by Crippen LogP contribution is -2.12. The number of hydrogen-bond donors (Lipinski definition) is 1. The van der Waals surface area contributed by atoms with E-state index in [0.29, 0.717) is 24.5 Å². The molecular formula is C25H23N3O2S. The second-order valence-corrected chi connectivity index (χ2v) is 8.19. The molecule has 1 N–H and O–H groups in total. The summed E-state index contributed by atoms with van der Waals surface area (Å²) in [6, 6.07) is 21.8. The third kappa shape index (κ3) is 6.06. The number of rotatable bonds is 8. The average Bonchev–Trinajstić information content (AvgIpc) is 3.27. The fourth-order valence-corrected chi connectivity index (χ4v) is 3.85. The van der Waals surface area contributed by atoms with Crippen LogP contribution >= 0.6 is 11.8 Å². The van der Waals surface area contributed by atoms with E-state index in [4.69, 9.17) is 4.42 Å². The van der Waals surface area contributed by atoms with Gasteiger partial charge in [-0.3, -0.25) is 4.79 Å². The first kappa shape index (κ1) is 20.9. The number of pyridine rings is 1. The second-order valence-electron chi connectivity index (χ2n) is 7.19. The Bertz CT molecular complexity index is 1140. The van der Waals surface area contributed by atoms with Crippen LogP contribution in [-0.2, 0) is 17.0 Å². The van der Waals surface area contributed by atoms with Crippen LogP contribution in [0, 0.1) is 6.92 Å². The van der Waals surface area contributed by atoms with Crippen LogP contribution in [0.2, 0.25) is 0 Å². The highest BCUT2D eigenvalue weighted by atomic mass is 32.2. The highest BCUT2D eigenvalue weighted by Gasteiger charge is 2.10. The van der Waals surface area contributed by atoms with E-state index in [2.05, 4.69) is 15.3 Å². The number of benzene rings is 2. The Morgan fingerprint density at radius 3 is 2.71 bits per heavy atom. The summed E-state index contributed by atoms with van der Waals surface area (Å²) in [4.78, 5) is 21.0. The quantitative estimate of drug-likeness (QED) is 0.353.